The van der Waals surface area contributed by atoms with E-state index in [1.807, 2.05) is 0 Å². The van der Waals surface area contributed by atoms with E-state index in [2.05, 4.69) is 10.3 Å². The molecule has 0 unspecified atom stereocenters. The molecule has 1 fully saturated rings. The van der Waals surface area contributed by atoms with Crippen molar-refractivity contribution in [1.29, 1.82) is 0 Å². The van der Waals surface area contributed by atoms with Crippen LogP contribution in [0.3, 0.4) is 0 Å². The van der Waals surface area contributed by atoms with Crippen LogP contribution in [0.5, 0.6) is 0 Å². The molecule has 0 spiro atoms. The van der Waals surface area contributed by atoms with E-state index in [0.717, 1.165) is 6.07 Å². The number of nitrogens with two attached hydrogens (primary N) is 1. The molecule has 0 radical (unpaired) electrons. The molecule has 32 heavy (non-hydrogen) atoms. The zero-order valence-electron chi connectivity index (χ0n) is 16.5. The predicted molar refractivity (Wildman–Crippen MR) is 106 cm³/mol. The molecule has 3 rings (SSSR count). The molecule has 2 aromatic rings. The van der Waals surface area contributed by atoms with Crippen LogP contribution in [0.15, 0.2) is 41.4 Å². The van der Waals surface area contributed by atoms with Gasteiger partial charge in [-0.2, -0.15) is 13.2 Å². The fraction of sp³-hybridized carbons (Fsp3) is 0.368. The van der Waals surface area contributed by atoms with E-state index < -0.39 is 45.6 Å². The molecule has 0 atom stereocenters. The van der Waals surface area contributed by atoms with Crippen molar-refractivity contribution in [2.75, 3.05) is 23.3 Å². The Balaban J connectivity index is 1.98. The van der Waals surface area contributed by atoms with Gasteiger partial charge in [0, 0.05) is 37.8 Å². The number of nitrogens with zero attached hydrogens (tertiary/aromatic N) is 2. The summed E-state index contributed by atoms with van der Waals surface area (Å²) in [5.41, 5.74) is -1.71. The second kappa shape index (κ2) is 8.62. The van der Waals surface area contributed by atoms with Crippen LogP contribution in [0.2, 0.25) is 0 Å². The van der Waals surface area contributed by atoms with E-state index in [4.69, 9.17) is 5.14 Å². The SMILES string of the molecule is NS(=O)(=O)c1cccc(NC(=O)c2cc(C(F)(F)F)cnc2N2CCCC(F)(F)CC2)c1. The number of aromatic nitrogens is 1. The highest BCUT2D eigenvalue weighted by Crippen LogP contribution is 2.34. The fourth-order valence-electron chi connectivity index (χ4n) is 3.26. The monoisotopic (exact) mass is 478 g/mol. The van der Waals surface area contributed by atoms with Crippen molar-refractivity contribution in [2.24, 2.45) is 5.14 Å². The molecule has 174 valence electrons. The molecule has 3 N–H and O–H groups in total. The quantitative estimate of drug-likeness (QED) is 0.653. The molecule has 0 bridgehead atoms. The molecule has 0 saturated carbocycles. The lowest BCUT2D eigenvalue weighted by molar-refractivity contribution is -0.137. The van der Waals surface area contributed by atoms with Crippen molar-refractivity contribution in [2.45, 2.75) is 36.3 Å². The topological polar surface area (TPSA) is 105 Å². The van der Waals surface area contributed by atoms with Gasteiger partial charge < -0.3 is 10.2 Å². The molecule has 1 aliphatic rings. The summed E-state index contributed by atoms with van der Waals surface area (Å²) in [6, 6.07) is 5.42. The third kappa shape index (κ3) is 5.71. The van der Waals surface area contributed by atoms with Crippen LogP contribution >= 0.6 is 0 Å². The average Bonchev–Trinajstić information content (AvgIpc) is 2.87. The summed E-state index contributed by atoms with van der Waals surface area (Å²) in [5.74, 6) is -4.10. The zero-order valence-corrected chi connectivity index (χ0v) is 17.3. The summed E-state index contributed by atoms with van der Waals surface area (Å²) >= 11 is 0. The minimum absolute atomic E-state index is 0.0349. The van der Waals surface area contributed by atoms with Crippen LogP contribution in [0.4, 0.5) is 33.5 Å². The van der Waals surface area contributed by atoms with Crippen molar-refractivity contribution < 1.29 is 35.2 Å². The van der Waals surface area contributed by atoms with Crippen LogP contribution in [-0.2, 0) is 16.2 Å². The Kier molecular flexibility index (Phi) is 6.43. The number of rotatable bonds is 4. The van der Waals surface area contributed by atoms with Gasteiger partial charge in [-0.25, -0.2) is 27.3 Å². The molecular weight excluding hydrogens is 459 g/mol. The van der Waals surface area contributed by atoms with Crippen LogP contribution < -0.4 is 15.4 Å². The minimum atomic E-state index is -4.79. The zero-order chi connectivity index (χ0) is 23.7. The van der Waals surface area contributed by atoms with Crippen molar-refractivity contribution in [3.05, 3.63) is 47.7 Å². The first kappa shape index (κ1) is 23.9. The number of hydrogen-bond donors (Lipinski definition) is 2. The van der Waals surface area contributed by atoms with E-state index >= 15 is 0 Å². The molecule has 2 heterocycles. The normalized spacial score (nSPS) is 17.0. The summed E-state index contributed by atoms with van der Waals surface area (Å²) < 4.78 is 90.1. The number of hydrogen-bond acceptors (Lipinski definition) is 5. The number of halogens is 5. The first-order chi connectivity index (χ1) is 14.8. The largest absolute Gasteiger partial charge is 0.417 e. The Morgan fingerprint density at radius 2 is 1.88 bits per heavy atom. The molecule has 1 saturated heterocycles. The lowest BCUT2D eigenvalue weighted by atomic mass is 10.1. The van der Waals surface area contributed by atoms with Crippen molar-refractivity contribution >= 4 is 27.4 Å². The summed E-state index contributed by atoms with van der Waals surface area (Å²) in [7, 11) is -4.08. The lowest BCUT2D eigenvalue weighted by Crippen LogP contribution is -2.30. The van der Waals surface area contributed by atoms with Gasteiger partial charge in [0.25, 0.3) is 5.91 Å². The van der Waals surface area contributed by atoms with Crippen LogP contribution in [-0.4, -0.2) is 38.3 Å². The third-order valence-corrected chi connectivity index (χ3v) is 5.79. The summed E-state index contributed by atoms with van der Waals surface area (Å²) in [6.07, 6.45) is -5.11. The van der Waals surface area contributed by atoms with Gasteiger partial charge in [0.05, 0.1) is 16.0 Å². The maximum atomic E-state index is 13.7. The smallest absolute Gasteiger partial charge is 0.356 e. The van der Waals surface area contributed by atoms with Gasteiger partial charge in [-0.15, -0.1) is 0 Å². The highest BCUT2D eigenvalue weighted by atomic mass is 32.2. The Hall–Kier alpha value is -2.80. The second-order valence-corrected chi connectivity index (χ2v) is 8.88. The van der Waals surface area contributed by atoms with Gasteiger partial charge in [-0.3, -0.25) is 4.79 Å². The van der Waals surface area contributed by atoms with Crippen molar-refractivity contribution in [3.8, 4) is 0 Å². The van der Waals surface area contributed by atoms with Gasteiger partial charge in [0.15, 0.2) is 0 Å². The molecule has 1 aromatic carbocycles. The number of sulfonamides is 1. The second-order valence-electron chi connectivity index (χ2n) is 7.32. The van der Waals surface area contributed by atoms with Gasteiger partial charge in [0.2, 0.25) is 15.9 Å². The third-order valence-electron chi connectivity index (χ3n) is 4.88. The lowest BCUT2D eigenvalue weighted by Gasteiger charge is -2.24. The number of nitrogens with one attached hydrogen (secondary N) is 1. The molecule has 7 nitrogen and oxygen atoms in total. The standard InChI is InChI=1S/C19H19F5N4O3S/c20-18(21)5-2-7-28(8-6-18)16-15(9-12(11-26-16)19(22,23)24)17(29)27-13-3-1-4-14(10-13)32(25,30)31/h1,3-4,9-11H,2,5-8H2,(H,27,29)(H2,25,30,31). The molecule has 1 amide bonds. The number of amides is 1. The predicted octanol–water partition coefficient (Wildman–Crippen LogP) is 3.63. The van der Waals surface area contributed by atoms with Crippen LogP contribution in [0.25, 0.3) is 0 Å². The van der Waals surface area contributed by atoms with E-state index in [0.29, 0.717) is 12.3 Å². The van der Waals surface area contributed by atoms with Crippen molar-refractivity contribution in [1.82, 2.24) is 4.98 Å². The number of alkyl halides is 5. The van der Waals surface area contributed by atoms with E-state index in [1.165, 1.54) is 23.1 Å². The minimum Gasteiger partial charge on any atom is -0.356 e. The maximum Gasteiger partial charge on any atom is 0.417 e. The number of benzene rings is 1. The van der Waals surface area contributed by atoms with Gasteiger partial charge in [-0.05, 0) is 30.7 Å². The molecule has 1 aliphatic heterocycles. The summed E-state index contributed by atoms with van der Waals surface area (Å²) in [5, 5.41) is 7.37. The van der Waals surface area contributed by atoms with Crippen molar-refractivity contribution in [3.63, 3.8) is 0 Å². The van der Waals surface area contributed by atoms with Gasteiger partial charge >= 0.3 is 6.18 Å². The number of primary sulfonamides is 1. The number of carbonyl (C=O) groups excluding carboxylic acids is 1. The Labute approximate surface area is 180 Å². The van der Waals surface area contributed by atoms with E-state index in [9.17, 15) is 35.2 Å². The Morgan fingerprint density at radius 1 is 1.16 bits per heavy atom. The molecular formula is C19H19F5N4O3S. The molecule has 13 heteroatoms. The van der Waals surface area contributed by atoms with E-state index in [-0.39, 0.29) is 42.3 Å². The fourth-order valence-corrected chi connectivity index (χ4v) is 3.82. The summed E-state index contributed by atoms with van der Waals surface area (Å²) in [4.78, 5) is 17.7. The van der Waals surface area contributed by atoms with Crippen LogP contribution in [0, 0.1) is 0 Å². The average molecular weight is 478 g/mol. The highest BCUT2D eigenvalue weighted by molar-refractivity contribution is 7.89. The highest BCUT2D eigenvalue weighted by Gasteiger charge is 2.35. The first-order valence-corrected chi connectivity index (χ1v) is 11.0. The number of carbonyl (C=O) groups is 1. The first-order valence-electron chi connectivity index (χ1n) is 9.40. The van der Waals surface area contributed by atoms with Gasteiger partial charge in [-0.1, -0.05) is 6.07 Å². The van der Waals surface area contributed by atoms with E-state index in [1.54, 1.807) is 0 Å². The Bertz CT molecular complexity index is 1120. The van der Waals surface area contributed by atoms with Gasteiger partial charge in [0.1, 0.15) is 5.82 Å². The maximum absolute atomic E-state index is 13.7. The number of anilines is 2. The molecule has 1 aromatic heterocycles. The summed E-state index contributed by atoms with van der Waals surface area (Å²) in [6.45, 7) is -0.123. The van der Waals surface area contributed by atoms with Crippen LogP contribution in [0.1, 0.15) is 35.2 Å². The molecule has 0 aliphatic carbocycles. The number of pyridine rings is 1. The Morgan fingerprint density at radius 3 is 2.53 bits per heavy atom.